The van der Waals surface area contributed by atoms with E-state index in [2.05, 4.69) is 42.5 Å². The zero-order valence-electron chi connectivity index (χ0n) is 25.4. The Labute approximate surface area is 250 Å². The molecule has 1 aliphatic heterocycles. The van der Waals surface area contributed by atoms with Gasteiger partial charge in [0.15, 0.2) is 0 Å². The Morgan fingerprint density at radius 2 is 1.62 bits per heavy atom. The van der Waals surface area contributed by atoms with E-state index in [1.807, 2.05) is 26.0 Å². The molecule has 1 saturated heterocycles. The van der Waals surface area contributed by atoms with Crippen LogP contribution >= 0.6 is 0 Å². The molecule has 0 aromatic heterocycles. The lowest BCUT2D eigenvalue weighted by atomic mass is 9.86. The molecule has 232 valence electrons. The highest BCUT2D eigenvalue weighted by molar-refractivity contribution is 6.39. The van der Waals surface area contributed by atoms with Crippen molar-refractivity contribution in [3.05, 3.63) is 60.2 Å². The van der Waals surface area contributed by atoms with Gasteiger partial charge in [0.05, 0.1) is 0 Å². The molecule has 3 N–H and O–H groups in total. The SMILES string of the molecule is CC(C/C=C/C/C=C/CCCc1ccccc1)C(=O)C(C)CCCC(C)C(O)(O)C(=O)C(=O)N1CCCCC1C(=O)O. The zero-order chi connectivity index (χ0) is 31.1. The van der Waals surface area contributed by atoms with Crippen molar-refractivity contribution in [2.24, 2.45) is 17.8 Å². The van der Waals surface area contributed by atoms with E-state index in [9.17, 15) is 34.5 Å². The molecule has 4 atom stereocenters. The summed E-state index contributed by atoms with van der Waals surface area (Å²) in [5.41, 5.74) is 1.36. The number of hydrogen-bond donors (Lipinski definition) is 3. The number of aliphatic carboxylic acids is 1. The zero-order valence-corrected chi connectivity index (χ0v) is 25.4. The van der Waals surface area contributed by atoms with Gasteiger partial charge in [0.1, 0.15) is 11.8 Å². The fourth-order valence-electron chi connectivity index (χ4n) is 5.38. The standard InChI is InChI=1S/C34H49NO7/c1-25(17-10-7-5-4-6-8-11-20-28-21-12-9-13-22-28)30(36)26(2)18-16-19-27(3)34(41,42)31(37)32(38)35-24-15-14-23-29(35)33(39)40/h4,6-7,9-10,12-13,21-22,25-27,29,41-42H,5,8,11,14-20,23-24H2,1-3H3,(H,39,40)/b6-4+,10-7+. The van der Waals surface area contributed by atoms with Crippen LogP contribution in [0.5, 0.6) is 0 Å². The highest BCUT2D eigenvalue weighted by atomic mass is 16.5. The smallest absolute Gasteiger partial charge is 0.326 e. The number of nitrogens with zero attached hydrogens (tertiary/aromatic N) is 1. The van der Waals surface area contributed by atoms with Gasteiger partial charge in [-0.3, -0.25) is 14.4 Å². The van der Waals surface area contributed by atoms with Gasteiger partial charge in [0.2, 0.25) is 5.79 Å². The summed E-state index contributed by atoms with van der Waals surface area (Å²) >= 11 is 0. The molecule has 1 aromatic carbocycles. The van der Waals surface area contributed by atoms with Gasteiger partial charge < -0.3 is 20.2 Å². The van der Waals surface area contributed by atoms with Crippen LogP contribution in [0.15, 0.2) is 54.6 Å². The van der Waals surface area contributed by atoms with E-state index in [1.165, 1.54) is 12.5 Å². The highest BCUT2D eigenvalue weighted by Crippen LogP contribution is 2.26. The number of amides is 1. The number of hydrogen-bond acceptors (Lipinski definition) is 6. The van der Waals surface area contributed by atoms with Crippen molar-refractivity contribution >= 4 is 23.4 Å². The molecule has 1 aliphatic rings. The van der Waals surface area contributed by atoms with E-state index in [0.29, 0.717) is 32.1 Å². The summed E-state index contributed by atoms with van der Waals surface area (Å²) in [6.07, 6.45) is 15.8. The van der Waals surface area contributed by atoms with Gasteiger partial charge in [-0.15, -0.1) is 0 Å². The third kappa shape index (κ3) is 11.0. The highest BCUT2D eigenvalue weighted by Gasteiger charge is 2.47. The number of aliphatic hydroxyl groups is 2. The minimum atomic E-state index is -2.90. The lowest BCUT2D eigenvalue weighted by Gasteiger charge is -2.35. The van der Waals surface area contributed by atoms with Crippen molar-refractivity contribution < 1.29 is 34.5 Å². The number of piperidine rings is 1. The van der Waals surface area contributed by atoms with Crippen molar-refractivity contribution in [2.75, 3.05) is 6.54 Å². The summed E-state index contributed by atoms with van der Waals surface area (Å²) in [6.45, 7) is 5.32. The fraction of sp³-hybridized carbons (Fsp3) is 0.588. The normalized spacial score (nSPS) is 18.2. The van der Waals surface area contributed by atoms with Crippen LogP contribution in [0.25, 0.3) is 0 Å². The summed E-state index contributed by atoms with van der Waals surface area (Å²) < 4.78 is 0. The Morgan fingerprint density at radius 1 is 0.929 bits per heavy atom. The van der Waals surface area contributed by atoms with Gasteiger partial charge in [-0.1, -0.05) is 81.8 Å². The van der Waals surface area contributed by atoms with Crippen LogP contribution < -0.4 is 0 Å². The van der Waals surface area contributed by atoms with Crippen molar-refractivity contribution in [3.8, 4) is 0 Å². The number of allylic oxidation sites excluding steroid dienone is 4. The third-order valence-corrected chi connectivity index (χ3v) is 8.28. The van der Waals surface area contributed by atoms with Crippen molar-refractivity contribution in [1.29, 1.82) is 0 Å². The maximum atomic E-state index is 12.8. The van der Waals surface area contributed by atoms with Gasteiger partial charge in [0, 0.05) is 24.3 Å². The quantitative estimate of drug-likeness (QED) is 0.0929. The minimum Gasteiger partial charge on any atom is -0.480 e. The Balaban J connectivity index is 1.69. The molecule has 0 bridgehead atoms. The van der Waals surface area contributed by atoms with Crippen LogP contribution in [0, 0.1) is 17.8 Å². The second-order valence-corrected chi connectivity index (χ2v) is 11.7. The van der Waals surface area contributed by atoms with E-state index in [0.717, 1.165) is 30.6 Å². The number of aryl methyl sites for hydroxylation is 1. The summed E-state index contributed by atoms with van der Waals surface area (Å²) in [5.74, 6) is -7.88. The molecule has 8 heteroatoms. The van der Waals surface area contributed by atoms with Gasteiger partial charge in [-0.2, -0.15) is 0 Å². The molecule has 42 heavy (non-hydrogen) atoms. The number of unbranched alkanes of at least 4 members (excludes halogenated alkanes) is 1. The van der Waals surface area contributed by atoms with Gasteiger partial charge >= 0.3 is 5.97 Å². The molecule has 2 rings (SSSR count). The molecule has 1 amide bonds. The Morgan fingerprint density at radius 3 is 2.31 bits per heavy atom. The Kier molecular flexibility index (Phi) is 14.8. The monoisotopic (exact) mass is 583 g/mol. The number of ketones is 2. The molecule has 0 saturated carbocycles. The van der Waals surface area contributed by atoms with E-state index in [4.69, 9.17) is 0 Å². The number of rotatable bonds is 18. The van der Waals surface area contributed by atoms with Crippen molar-refractivity contribution in [2.45, 2.75) is 103 Å². The molecule has 4 unspecified atom stereocenters. The number of carbonyl (C=O) groups excluding carboxylic acids is 3. The van der Waals surface area contributed by atoms with Crippen LogP contribution in [-0.4, -0.2) is 62.0 Å². The molecule has 1 aromatic rings. The lowest BCUT2D eigenvalue weighted by Crippen LogP contribution is -2.57. The predicted molar refractivity (Wildman–Crippen MR) is 162 cm³/mol. The van der Waals surface area contributed by atoms with Crippen molar-refractivity contribution in [1.82, 2.24) is 4.90 Å². The van der Waals surface area contributed by atoms with Gasteiger partial charge in [-0.05, 0) is 69.8 Å². The van der Waals surface area contributed by atoms with E-state index in [1.54, 1.807) is 0 Å². The number of carbonyl (C=O) groups is 4. The molecule has 1 heterocycles. The fourth-order valence-corrected chi connectivity index (χ4v) is 5.38. The molecular formula is C34H49NO7. The van der Waals surface area contributed by atoms with Crippen molar-refractivity contribution in [3.63, 3.8) is 0 Å². The molecule has 0 radical (unpaired) electrons. The number of likely N-dealkylation sites (tertiary alicyclic amines) is 1. The first-order valence-corrected chi connectivity index (χ1v) is 15.4. The minimum absolute atomic E-state index is 0.0882. The predicted octanol–water partition coefficient (Wildman–Crippen LogP) is 5.27. The largest absolute Gasteiger partial charge is 0.480 e. The van der Waals surface area contributed by atoms with Crippen LogP contribution in [0.2, 0.25) is 0 Å². The lowest BCUT2D eigenvalue weighted by molar-refractivity contribution is -0.205. The van der Waals surface area contributed by atoms with E-state index >= 15 is 0 Å². The van der Waals surface area contributed by atoms with Gasteiger partial charge in [-0.25, -0.2) is 4.79 Å². The molecule has 1 fully saturated rings. The average molecular weight is 584 g/mol. The van der Waals surface area contributed by atoms with Crippen LogP contribution in [0.3, 0.4) is 0 Å². The molecular weight excluding hydrogens is 534 g/mol. The summed E-state index contributed by atoms with van der Waals surface area (Å²) in [5, 5.41) is 30.4. The Bertz CT molecular complexity index is 1080. The number of Topliss-reactive ketones (excluding diaryl/α,β-unsaturated/α-hetero) is 2. The average Bonchev–Trinajstić information content (AvgIpc) is 2.99. The maximum absolute atomic E-state index is 12.8. The molecule has 8 nitrogen and oxygen atoms in total. The molecule has 0 spiro atoms. The van der Waals surface area contributed by atoms with Crippen LogP contribution in [-0.2, 0) is 25.6 Å². The van der Waals surface area contributed by atoms with E-state index < -0.39 is 35.4 Å². The molecule has 0 aliphatic carbocycles. The topological polar surface area (TPSA) is 132 Å². The number of carboxylic acid groups (broad SMARTS) is 1. The Hall–Kier alpha value is -3.10. The maximum Gasteiger partial charge on any atom is 0.326 e. The summed E-state index contributed by atoms with van der Waals surface area (Å²) in [6, 6.07) is 9.31. The second kappa shape index (κ2) is 17.8. The summed E-state index contributed by atoms with van der Waals surface area (Å²) in [4.78, 5) is 50.6. The summed E-state index contributed by atoms with van der Waals surface area (Å²) in [7, 11) is 0. The first kappa shape index (κ1) is 35.1. The second-order valence-electron chi connectivity index (χ2n) is 11.7. The third-order valence-electron chi connectivity index (χ3n) is 8.28. The first-order chi connectivity index (χ1) is 20.0. The first-order valence-electron chi connectivity index (χ1n) is 15.4. The number of carboxylic acids is 1. The van der Waals surface area contributed by atoms with E-state index in [-0.39, 0.29) is 37.0 Å². The van der Waals surface area contributed by atoms with Gasteiger partial charge in [0.25, 0.3) is 11.7 Å². The number of benzene rings is 1. The van der Waals surface area contributed by atoms with Crippen LogP contribution in [0.1, 0.15) is 90.5 Å². The van der Waals surface area contributed by atoms with Crippen LogP contribution in [0.4, 0.5) is 0 Å².